The highest BCUT2D eigenvalue weighted by atomic mass is 32.2. The van der Waals surface area contributed by atoms with Crippen molar-refractivity contribution < 1.29 is 13.9 Å². The molecular weight excluding hydrogens is 304 g/mol. The van der Waals surface area contributed by atoms with Crippen LogP contribution >= 0.6 is 11.8 Å². The lowest BCUT2D eigenvalue weighted by Crippen LogP contribution is -2.48. The molecule has 0 bridgehead atoms. The summed E-state index contributed by atoms with van der Waals surface area (Å²) in [5, 5.41) is 8.12. The van der Waals surface area contributed by atoms with E-state index in [1.807, 2.05) is 4.90 Å². The van der Waals surface area contributed by atoms with Crippen molar-refractivity contribution in [2.24, 2.45) is 0 Å². The van der Waals surface area contributed by atoms with Crippen LogP contribution in [0.25, 0.3) is 0 Å². The number of thioether (sulfide) groups is 1. The van der Waals surface area contributed by atoms with Crippen LogP contribution in [0, 0.1) is 6.92 Å². The molecule has 2 heterocycles. The van der Waals surface area contributed by atoms with Crippen LogP contribution in [-0.4, -0.2) is 78.1 Å². The van der Waals surface area contributed by atoms with E-state index in [0.717, 1.165) is 25.9 Å². The van der Waals surface area contributed by atoms with Gasteiger partial charge in [-0.25, -0.2) is 0 Å². The summed E-state index contributed by atoms with van der Waals surface area (Å²) < 4.78 is 10.4. The van der Waals surface area contributed by atoms with Crippen LogP contribution in [0.4, 0.5) is 0 Å². The summed E-state index contributed by atoms with van der Waals surface area (Å²) in [6.07, 6.45) is 2.02. The van der Waals surface area contributed by atoms with Crippen LogP contribution in [0.2, 0.25) is 0 Å². The number of aromatic nitrogens is 2. The first-order valence-electron chi connectivity index (χ1n) is 7.50. The van der Waals surface area contributed by atoms with E-state index in [0.29, 0.717) is 36.1 Å². The first-order valence-corrected chi connectivity index (χ1v) is 8.48. The number of carbonyl (C=O) groups excluding carboxylic acids is 1. The Morgan fingerprint density at radius 2 is 2.18 bits per heavy atom. The Bertz CT molecular complexity index is 474. The molecule has 0 aliphatic carbocycles. The van der Waals surface area contributed by atoms with E-state index in [1.165, 1.54) is 11.8 Å². The van der Waals surface area contributed by atoms with Gasteiger partial charge in [0.15, 0.2) is 0 Å². The van der Waals surface area contributed by atoms with Gasteiger partial charge < -0.3 is 19.0 Å². The Kier molecular flexibility index (Phi) is 6.66. The lowest BCUT2D eigenvalue weighted by Gasteiger charge is -2.37. The maximum atomic E-state index is 12.6. The number of aryl methyl sites for hydroxylation is 1. The zero-order valence-electron chi connectivity index (χ0n) is 13.4. The molecular formula is C14H24N4O3S. The van der Waals surface area contributed by atoms with Gasteiger partial charge in [0.05, 0.1) is 12.4 Å². The summed E-state index contributed by atoms with van der Waals surface area (Å²) in [7, 11) is 3.78. The van der Waals surface area contributed by atoms with Crippen molar-refractivity contribution >= 4 is 17.7 Å². The summed E-state index contributed by atoms with van der Waals surface area (Å²) in [5.41, 5.74) is 0. The molecule has 0 saturated carbocycles. The SMILES string of the molecule is COCCN(C(=O)CSc1nnc(C)o1)C1CCN(C)CC1. The van der Waals surface area contributed by atoms with E-state index in [1.54, 1.807) is 14.0 Å². The molecule has 2 rings (SSSR count). The number of hydrogen-bond donors (Lipinski definition) is 0. The molecule has 0 unspecified atom stereocenters. The van der Waals surface area contributed by atoms with Crippen molar-refractivity contribution in [3.8, 4) is 0 Å². The highest BCUT2D eigenvalue weighted by Crippen LogP contribution is 2.20. The lowest BCUT2D eigenvalue weighted by molar-refractivity contribution is -0.132. The van der Waals surface area contributed by atoms with Crippen LogP contribution < -0.4 is 0 Å². The summed E-state index contributed by atoms with van der Waals surface area (Å²) in [6, 6.07) is 0.295. The largest absolute Gasteiger partial charge is 0.416 e. The van der Waals surface area contributed by atoms with E-state index in [4.69, 9.17) is 9.15 Å². The summed E-state index contributed by atoms with van der Waals surface area (Å²) in [6.45, 7) is 4.98. The maximum absolute atomic E-state index is 12.6. The first-order chi connectivity index (χ1) is 10.6. The van der Waals surface area contributed by atoms with Crippen molar-refractivity contribution in [2.75, 3.05) is 46.2 Å². The Morgan fingerprint density at radius 3 is 2.77 bits per heavy atom. The number of nitrogens with zero attached hydrogens (tertiary/aromatic N) is 4. The van der Waals surface area contributed by atoms with E-state index in [2.05, 4.69) is 22.1 Å². The topological polar surface area (TPSA) is 71.7 Å². The molecule has 1 aliphatic heterocycles. The van der Waals surface area contributed by atoms with Gasteiger partial charge in [-0.2, -0.15) is 0 Å². The summed E-state index contributed by atoms with van der Waals surface area (Å²) in [5.74, 6) is 0.937. The molecule has 0 spiro atoms. The monoisotopic (exact) mass is 328 g/mol. The van der Waals surface area contributed by atoms with Crippen molar-refractivity contribution in [1.29, 1.82) is 0 Å². The molecule has 22 heavy (non-hydrogen) atoms. The average Bonchev–Trinajstić information content (AvgIpc) is 2.93. The third kappa shape index (κ3) is 4.96. The van der Waals surface area contributed by atoms with Gasteiger partial charge in [-0.15, -0.1) is 10.2 Å². The number of ether oxygens (including phenoxy) is 1. The number of carbonyl (C=O) groups is 1. The van der Waals surface area contributed by atoms with Crippen molar-refractivity contribution in [3.63, 3.8) is 0 Å². The Labute approximate surface area is 135 Å². The molecule has 124 valence electrons. The molecule has 1 amide bonds. The summed E-state index contributed by atoms with van der Waals surface area (Å²) in [4.78, 5) is 16.8. The standard InChI is InChI=1S/C14H24N4O3S/c1-11-15-16-14(21-11)22-10-13(19)18(8-9-20-3)12-4-6-17(2)7-5-12/h12H,4-10H2,1-3H3. The van der Waals surface area contributed by atoms with Crippen LogP contribution in [0.5, 0.6) is 0 Å². The summed E-state index contributed by atoms with van der Waals surface area (Å²) >= 11 is 1.29. The second-order valence-corrected chi connectivity index (χ2v) is 6.42. The van der Waals surface area contributed by atoms with Gasteiger partial charge in [0.25, 0.3) is 5.22 Å². The Balaban J connectivity index is 1.90. The molecule has 0 N–H and O–H groups in total. The van der Waals surface area contributed by atoms with Crippen LogP contribution in [-0.2, 0) is 9.53 Å². The zero-order chi connectivity index (χ0) is 15.9. The first kappa shape index (κ1) is 17.2. The minimum atomic E-state index is 0.104. The molecule has 0 radical (unpaired) electrons. The fraction of sp³-hybridized carbons (Fsp3) is 0.786. The van der Waals surface area contributed by atoms with E-state index < -0.39 is 0 Å². The smallest absolute Gasteiger partial charge is 0.277 e. The van der Waals surface area contributed by atoms with Gasteiger partial charge in [-0.1, -0.05) is 11.8 Å². The number of likely N-dealkylation sites (tertiary alicyclic amines) is 1. The predicted molar refractivity (Wildman–Crippen MR) is 83.9 cm³/mol. The molecule has 1 aliphatic rings. The van der Waals surface area contributed by atoms with Gasteiger partial charge in [0, 0.05) is 26.6 Å². The van der Waals surface area contributed by atoms with Gasteiger partial charge in [0.1, 0.15) is 0 Å². The quantitative estimate of drug-likeness (QED) is 0.693. The zero-order valence-corrected chi connectivity index (χ0v) is 14.3. The van der Waals surface area contributed by atoms with Crippen molar-refractivity contribution in [3.05, 3.63) is 5.89 Å². The van der Waals surface area contributed by atoms with Crippen molar-refractivity contribution in [1.82, 2.24) is 20.0 Å². The van der Waals surface area contributed by atoms with E-state index in [9.17, 15) is 4.79 Å². The van der Waals surface area contributed by atoms with Gasteiger partial charge in [-0.05, 0) is 33.0 Å². The minimum absolute atomic E-state index is 0.104. The predicted octanol–water partition coefficient (Wildman–Crippen LogP) is 1.04. The van der Waals surface area contributed by atoms with Crippen LogP contribution in [0.15, 0.2) is 9.64 Å². The van der Waals surface area contributed by atoms with E-state index >= 15 is 0 Å². The number of methoxy groups -OCH3 is 1. The molecule has 1 aromatic rings. The van der Waals surface area contributed by atoms with Crippen LogP contribution in [0.3, 0.4) is 0 Å². The molecule has 8 heteroatoms. The molecule has 0 atom stereocenters. The normalized spacial score (nSPS) is 16.9. The third-order valence-electron chi connectivity index (χ3n) is 3.81. The average molecular weight is 328 g/mol. The second-order valence-electron chi connectivity index (χ2n) is 5.49. The molecule has 1 fully saturated rings. The van der Waals surface area contributed by atoms with Crippen molar-refractivity contribution in [2.45, 2.75) is 31.0 Å². The fourth-order valence-corrected chi connectivity index (χ4v) is 3.24. The van der Waals surface area contributed by atoms with Crippen LogP contribution in [0.1, 0.15) is 18.7 Å². The number of piperidine rings is 1. The molecule has 0 aromatic carbocycles. The number of amides is 1. The van der Waals surface area contributed by atoms with E-state index in [-0.39, 0.29) is 5.91 Å². The fourth-order valence-electron chi connectivity index (χ4n) is 2.55. The number of hydrogen-bond acceptors (Lipinski definition) is 7. The number of rotatable bonds is 7. The Hall–Kier alpha value is -1.12. The second kappa shape index (κ2) is 8.50. The molecule has 7 nitrogen and oxygen atoms in total. The highest BCUT2D eigenvalue weighted by molar-refractivity contribution is 7.99. The van der Waals surface area contributed by atoms with Gasteiger partial charge >= 0.3 is 0 Å². The minimum Gasteiger partial charge on any atom is -0.416 e. The third-order valence-corrected chi connectivity index (χ3v) is 4.62. The highest BCUT2D eigenvalue weighted by Gasteiger charge is 2.26. The van der Waals surface area contributed by atoms with Gasteiger partial charge in [0.2, 0.25) is 11.8 Å². The lowest BCUT2D eigenvalue weighted by atomic mass is 10.0. The Morgan fingerprint density at radius 1 is 1.45 bits per heavy atom. The molecule has 1 saturated heterocycles. The molecule has 1 aromatic heterocycles. The maximum Gasteiger partial charge on any atom is 0.277 e. The van der Waals surface area contributed by atoms with Gasteiger partial charge in [-0.3, -0.25) is 4.79 Å².